The molecule has 5 nitrogen and oxygen atoms in total. The van der Waals surface area contributed by atoms with Crippen LogP contribution in [0.4, 0.5) is 14.5 Å². The Morgan fingerprint density at radius 2 is 1.90 bits per heavy atom. The van der Waals surface area contributed by atoms with Crippen molar-refractivity contribution in [2.45, 2.75) is 13.8 Å². The zero-order valence-electron chi connectivity index (χ0n) is 10.7. The minimum absolute atomic E-state index is 0.230. The van der Waals surface area contributed by atoms with E-state index in [4.69, 9.17) is 5.11 Å². The van der Waals surface area contributed by atoms with Crippen LogP contribution in [-0.2, 0) is 9.59 Å². The molecule has 0 bridgehead atoms. The van der Waals surface area contributed by atoms with E-state index >= 15 is 0 Å². The molecule has 0 saturated carbocycles. The van der Waals surface area contributed by atoms with Crippen LogP contribution in [0.3, 0.4) is 0 Å². The van der Waals surface area contributed by atoms with Crippen molar-refractivity contribution in [1.82, 2.24) is 0 Å². The first-order valence-corrected chi connectivity index (χ1v) is 5.74. The van der Waals surface area contributed by atoms with Crippen molar-refractivity contribution in [2.24, 2.45) is 5.41 Å². The first-order chi connectivity index (χ1) is 9.15. The zero-order valence-corrected chi connectivity index (χ0v) is 10.7. The fourth-order valence-electron chi connectivity index (χ4n) is 1.96. The van der Waals surface area contributed by atoms with Crippen LogP contribution in [-0.4, -0.2) is 29.3 Å². The molecule has 2 rings (SSSR count). The van der Waals surface area contributed by atoms with Crippen molar-refractivity contribution in [2.75, 3.05) is 11.4 Å². The number of anilines is 1. The lowest BCUT2D eigenvalue weighted by Crippen LogP contribution is -2.41. The fraction of sp³-hybridized carbons (Fsp3) is 0.308. The van der Waals surface area contributed by atoms with E-state index < -0.39 is 40.3 Å². The lowest BCUT2D eigenvalue weighted by atomic mass is 9.93. The van der Waals surface area contributed by atoms with Gasteiger partial charge in [-0.25, -0.2) is 8.78 Å². The average Bonchev–Trinajstić information content (AvgIpc) is 2.54. The number of benzene rings is 1. The second-order valence-electron chi connectivity index (χ2n) is 5.19. The number of carbonyl (C=O) groups is 3. The smallest absolute Gasteiger partial charge is 0.310 e. The maximum absolute atomic E-state index is 13.6. The van der Waals surface area contributed by atoms with Gasteiger partial charge >= 0.3 is 5.97 Å². The van der Waals surface area contributed by atoms with E-state index in [0.717, 1.165) is 11.0 Å². The van der Waals surface area contributed by atoms with Crippen LogP contribution in [0, 0.1) is 17.0 Å². The normalized spacial score (nSPS) is 14.7. The van der Waals surface area contributed by atoms with Crippen molar-refractivity contribution in [3.63, 3.8) is 0 Å². The van der Waals surface area contributed by atoms with E-state index in [9.17, 15) is 23.2 Å². The zero-order chi connectivity index (χ0) is 15.2. The molecular formula is C13H11F2NO4. The molecule has 106 valence electrons. The number of amides is 1. The van der Waals surface area contributed by atoms with Crippen molar-refractivity contribution in [3.8, 4) is 0 Å². The molecule has 0 spiro atoms. The third-order valence-corrected chi connectivity index (χ3v) is 3.12. The Hall–Kier alpha value is -2.31. The van der Waals surface area contributed by atoms with Gasteiger partial charge in [0.1, 0.15) is 11.6 Å². The van der Waals surface area contributed by atoms with Crippen molar-refractivity contribution >= 4 is 23.3 Å². The molecule has 1 heterocycles. The molecule has 0 aromatic heterocycles. The summed E-state index contributed by atoms with van der Waals surface area (Å²) in [4.78, 5) is 35.4. The van der Waals surface area contributed by atoms with E-state index in [1.165, 1.54) is 13.8 Å². The van der Waals surface area contributed by atoms with Gasteiger partial charge in [-0.1, -0.05) is 0 Å². The second kappa shape index (κ2) is 4.36. The quantitative estimate of drug-likeness (QED) is 0.855. The van der Waals surface area contributed by atoms with Crippen LogP contribution in [0.5, 0.6) is 0 Å². The van der Waals surface area contributed by atoms with Crippen LogP contribution >= 0.6 is 0 Å². The predicted octanol–water partition coefficient (Wildman–Crippen LogP) is 1.60. The van der Waals surface area contributed by atoms with Crippen LogP contribution in [0.15, 0.2) is 12.1 Å². The van der Waals surface area contributed by atoms with E-state index in [2.05, 4.69) is 0 Å². The summed E-state index contributed by atoms with van der Waals surface area (Å²) in [6.07, 6.45) is 0. The molecule has 1 aliphatic rings. The number of halogens is 2. The van der Waals surface area contributed by atoms with Gasteiger partial charge in [0.2, 0.25) is 0 Å². The molecule has 0 radical (unpaired) electrons. The maximum Gasteiger partial charge on any atom is 0.310 e. The highest BCUT2D eigenvalue weighted by atomic mass is 19.1. The minimum Gasteiger partial charge on any atom is -0.481 e. The van der Waals surface area contributed by atoms with Crippen LogP contribution in [0.25, 0.3) is 0 Å². The maximum atomic E-state index is 13.6. The molecule has 0 fully saturated rings. The summed E-state index contributed by atoms with van der Waals surface area (Å²) >= 11 is 0. The van der Waals surface area contributed by atoms with Gasteiger partial charge in [-0.05, 0) is 19.9 Å². The number of carboxylic acids is 1. The molecule has 0 atom stereocenters. The SMILES string of the molecule is CC(C)(CN1C(=O)C(=O)c2c(F)cc(F)cc21)C(=O)O. The molecule has 1 aromatic rings. The second-order valence-corrected chi connectivity index (χ2v) is 5.19. The molecule has 1 aromatic carbocycles. The largest absolute Gasteiger partial charge is 0.481 e. The van der Waals surface area contributed by atoms with Crippen molar-refractivity contribution in [3.05, 3.63) is 29.3 Å². The summed E-state index contributed by atoms with van der Waals surface area (Å²) in [5, 5.41) is 9.04. The van der Waals surface area contributed by atoms with Gasteiger partial charge in [0.05, 0.1) is 16.7 Å². The van der Waals surface area contributed by atoms with Crippen molar-refractivity contribution in [1.29, 1.82) is 0 Å². The Morgan fingerprint density at radius 3 is 2.45 bits per heavy atom. The predicted molar refractivity (Wildman–Crippen MR) is 64.5 cm³/mol. The number of hydrogen-bond donors (Lipinski definition) is 1. The number of Topliss-reactive ketones (excluding diaryl/α,β-unsaturated/α-hetero) is 1. The first kappa shape index (κ1) is 14.1. The Labute approximate surface area is 112 Å². The number of hydrogen-bond acceptors (Lipinski definition) is 3. The summed E-state index contributed by atoms with van der Waals surface area (Å²) in [6.45, 7) is 2.34. The highest BCUT2D eigenvalue weighted by Crippen LogP contribution is 2.34. The Morgan fingerprint density at radius 1 is 1.30 bits per heavy atom. The number of nitrogens with zero attached hydrogens (tertiary/aromatic N) is 1. The molecule has 7 heteroatoms. The first-order valence-electron chi connectivity index (χ1n) is 5.74. The van der Waals surface area contributed by atoms with E-state index in [1.54, 1.807) is 0 Å². The van der Waals surface area contributed by atoms with Gasteiger partial charge in [-0.3, -0.25) is 14.4 Å². The third kappa shape index (κ3) is 2.04. The van der Waals surface area contributed by atoms with Gasteiger partial charge < -0.3 is 10.0 Å². The number of rotatable bonds is 3. The summed E-state index contributed by atoms with van der Waals surface area (Å²) < 4.78 is 26.8. The van der Waals surface area contributed by atoms with Crippen LogP contribution in [0.1, 0.15) is 24.2 Å². The number of ketones is 1. The van der Waals surface area contributed by atoms with Crippen LogP contribution < -0.4 is 4.90 Å². The lowest BCUT2D eigenvalue weighted by molar-refractivity contribution is -0.146. The summed E-state index contributed by atoms with van der Waals surface area (Å²) in [5.74, 6) is -5.42. The number of aliphatic carboxylic acids is 1. The highest BCUT2D eigenvalue weighted by molar-refractivity contribution is 6.52. The standard InChI is InChI=1S/C13H11F2NO4/c1-13(2,12(19)20)5-16-8-4-6(14)3-7(15)9(8)10(17)11(16)18/h3-4H,5H2,1-2H3,(H,19,20). The summed E-state index contributed by atoms with van der Waals surface area (Å²) in [6, 6.07) is 1.36. The molecule has 20 heavy (non-hydrogen) atoms. The van der Waals surface area contributed by atoms with Crippen LogP contribution in [0.2, 0.25) is 0 Å². The Bertz CT molecular complexity index is 640. The lowest BCUT2D eigenvalue weighted by Gasteiger charge is -2.26. The van der Waals surface area contributed by atoms with Gasteiger partial charge in [0.15, 0.2) is 0 Å². The average molecular weight is 283 g/mol. The number of carboxylic acid groups (broad SMARTS) is 1. The summed E-state index contributed by atoms with van der Waals surface area (Å²) in [7, 11) is 0. The van der Waals surface area contributed by atoms with Crippen molar-refractivity contribution < 1.29 is 28.3 Å². The number of carbonyl (C=O) groups excluding carboxylic acids is 2. The van der Waals surface area contributed by atoms with E-state index in [0.29, 0.717) is 6.07 Å². The molecule has 0 saturated heterocycles. The van der Waals surface area contributed by atoms with Gasteiger partial charge in [-0.15, -0.1) is 0 Å². The summed E-state index contributed by atoms with van der Waals surface area (Å²) in [5.41, 5.74) is -2.11. The molecule has 0 unspecified atom stereocenters. The molecule has 1 N–H and O–H groups in total. The molecule has 1 amide bonds. The highest BCUT2D eigenvalue weighted by Gasteiger charge is 2.42. The van der Waals surface area contributed by atoms with E-state index in [1.807, 2.05) is 0 Å². The topological polar surface area (TPSA) is 74.7 Å². The minimum atomic E-state index is -1.36. The van der Waals surface area contributed by atoms with E-state index in [-0.39, 0.29) is 12.2 Å². The Kier molecular flexibility index (Phi) is 3.08. The van der Waals surface area contributed by atoms with Gasteiger partial charge in [0.25, 0.3) is 11.7 Å². The molecular weight excluding hydrogens is 272 g/mol. The third-order valence-electron chi connectivity index (χ3n) is 3.12. The monoisotopic (exact) mass is 283 g/mol. The molecule has 0 aliphatic carbocycles. The van der Waals surface area contributed by atoms with Gasteiger partial charge in [0, 0.05) is 12.6 Å². The number of fused-ring (bicyclic) bond motifs is 1. The Balaban J connectivity index is 2.51. The van der Waals surface area contributed by atoms with Gasteiger partial charge in [-0.2, -0.15) is 0 Å². The molecule has 1 aliphatic heterocycles. The fourth-order valence-corrected chi connectivity index (χ4v) is 1.96.